The van der Waals surface area contributed by atoms with E-state index in [1.54, 1.807) is 18.5 Å². The maximum atomic E-state index is 12.3. The molecule has 0 saturated carbocycles. The fourth-order valence-corrected chi connectivity index (χ4v) is 2.80. The smallest absolute Gasteiger partial charge is 0.246 e. The van der Waals surface area contributed by atoms with Crippen LogP contribution in [0.15, 0.2) is 67.0 Å². The van der Waals surface area contributed by atoms with Crippen LogP contribution in [0.25, 0.3) is 12.2 Å². The minimum absolute atomic E-state index is 0.0799. The molecule has 4 nitrogen and oxygen atoms in total. The zero-order chi connectivity index (χ0) is 17.3. The average molecular weight is 333 g/mol. The third-order valence-corrected chi connectivity index (χ3v) is 4.28. The predicted molar refractivity (Wildman–Crippen MR) is 102 cm³/mol. The largest absolute Gasteiger partial charge is 0.337 e. The Morgan fingerprint density at radius 3 is 2.32 bits per heavy atom. The molecule has 0 aliphatic carbocycles. The summed E-state index contributed by atoms with van der Waals surface area (Å²) < 4.78 is 0. The van der Waals surface area contributed by atoms with Crippen molar-refractivity contribution in [1.82, 2.24) is 14.8 Å². The van der Waals surface area contributed by atoms with Crippen LogP contribution in [-0.2, 0) is 4.79 Å². The van der Waals surface area contributed by atoms with Gasteiger partial charge >= 0.3 is 0 Å². The van der Waals surface area contributed by atoms with Crippen LogP contribution in [0.1, 0.15) is 11.1 Å². The molecule has 2 heterocycles. The van der Waals surface area contributed by atoms with E-state index in [9.17, 15) is 4.79 Å². The summed E-state index contributed by atoms with van der Waals surface area (Å²) in [4.78, 5) is 20.5. The van der Waals surface area contributed by atoms with Gasteiger partial charge in [-0.25, -0.2) is 0 Å². The molecule has 1 aliphatic rings. The van der Waals surface area contributed by atoms with Crippen molar-refractivity contribution in [2.45, 2.75) is 0 Å². The highest BCUT2D eigenvalue weighted by atomic mass is 16.2. The van der Waals surface area contributed by atoms with Gasteiger partial charge in [0.05, 0.1) is 0 Å². The molecule has 1 aromatic heterocycles. The average Bonchev–Trinajstić information content (AvgIpc) is 2.68. The fourth-order valence-electron chi connectivity index (χ4n) is 2.80. The van der Waals surface area contributed by atoms with E-state index in [1.807, 2.05) is 41.3 Å². The summed E-state index contributed by atoms with van der Waals surface area (Å²) in [5.74, 6) is 0.0799. The first-order valence-electron chi connectivity index (χ1n) is 8.62. The second-order valence-corrected chi connectivity index (χ2v) is 6.05. The van der Waals surface area contributed by atoms with Crippen molar-refractivity contribution in [1.29, 1.82) is 0 Å². The topological polar surface area (TPSA) is 36.4 Å². The summed E-state index contributed by atoms with van der Waals surface area (Å²) in [5, 5.41) is 0. The Hall–Kier alpha value is -2.72. The molecule has 0 N–H and O–H groups in total. The van der Waals surface area contributed by atoms with E-state index < -0.39 is 0 Å². The number of nitrogens with zero attached hydrogens (tertiary/aromatic N) is 3. The summed E-state index contributed by atoms with van der Waals surface area (Å²) in [6, 6.07) is 14.1. The summed E-state index contributed by atoms with van der Waals surface area (Å²) in [6.07, 6.45) is 11.3. The van der Waals surface area contributed by atoms with Gasteiger partial charge in [-0.1, -0.05) is 42.5 Å². The number of piperazine rings is 1. The monoisotopic (exact) mass is 333 g/mol. The van der Waals surface area contributed by atoms with Crippen LogP contribution in [0.5, 0.6) is 0 Å². The molecule has 1 saturated heterocycles. The summed E-state index contributed by atoms with van der Waals surface area (Å²) in [6.45, 7) is 4.29. The number of hydrogen-bond donors (Lipinski definition) is 0. The minimum atomic E-state index is 0.0799. The number of amides is 1. The number of hydrogen-bond acceptors (Lipinski definition) is 3. The van der Waals surface area contributed by atoms with E-state index in [0.29, 0.717) is 0 Å². The Kier molecular flexibility index (Phi) is 6.12. The first-order chi connectivity index (χ1) is 12.3. The summed E-state index contributed by atoms with van der Waals surface area (Å²) >= 11 is 0. The van der Waals surface area contributed by atoms with Crippen molar-refractivity contribution in [2.24, 2.45) is 0 Å². The van der Waals surface area contributed by atoms with Crippen molar-refractivity contribution in [3.8, 4) is 0 Å². The van der Waals surface area contributed by atoms with Crippen molar-refractivity contribution in [3.05, 3.63) is 78.1 Å². The highest BCUT2D eigenvalue weighted by Gasteiger charge is 2.18. The van der Waals surface area contributed by atoms with Crippen LogP contribution in [0.3, 0.4) is 0 Å². The number of carbonyl (C=O) groups is 1. The van der Waals surface area contributed by atoms with Gasteiger partial charge in [0.25, 0.3) is 0 Å². The molecule has 1 amide bonds. The first kappa shape index (κ1) is 17.1. The molecule has 25 heavy (non-hydrogen) atoms. The van der Waals surface area contributed by atoms with E-state index in [-0.39, 0.29) is 5.91 Å². The molecular weight excluding hydrogens is 310 g/mol. The number of rotatable bonds is 5. The zero-order valence-electron chi connectivity index (χ0n) is 14.3. The Bertz CT molecular complexity index is 717. The van der Waals surface area contributed by atoms with Crippen LogP contribution in [-0.4, -0.2) is 53.4 Å². The highest BCUT2D eigenvalue weighted by molar-refractivity contribution is 5.91. The van der Waals surface area contributed by atoms with Gasteiger partial charge in [-0.3, -0.25) is 14.7 Å². The molecule has 0 radical (unpaired) electrons. The van der Waals surface area contributed by atoms with E-state index in [4.69, 9.17) is 0 Å². The number of aromatic nitrogens is 1. The van der Waals surface area contributed by atoms with E-state index in [0.717, 1.165) is 38.3 Å². The maximum absolute atomic E-state index is 12.3. The minimum Gasteiger partial charge on any atom is -0.337 e. The van der Waals surface area contributed by atoms with Gasteiger partial charge in [-0.2, -0.15) is 0 Å². The Morgan fingerprint density at radius 1 is 0.920 bits per heavy atom. The molecule has 0 spiro atoms. The van der Waals surface area contributed by atoms with Crippen molar-refractivity contribution in [3.63, 3.8) is 0 Å². The highest BCUT2D eigenvalue weighted by Crippen LogP contribution is 2.06. The van der Waals surface area contributed by atoms with Gasteiger partial charge in [-0.05, 0) is 29.3 Å². The fraction of sp³-hybridized carbons (Fsp3) is 0.238. The quantitative estimate of drug-likeness (QED) is 0.790. The molecular formula is C21H23N3O. The summed E-state index contributed by atoms with van der Waals surface area (Å²) in [5.41, 5.74) is 2.21. The van der Waals surface area contributed by atoms with E-state index >= 15 is 0 Å². The van der Waals surface area contributed by atoms with E-state index in [1.165, 1.54) is 5.56 Å². The third-order valence-electron chi connectivity index (χ3n) is 4.28. The molecule has 0 bridgehead atoms. The molecule has 3 rings (SSSR count). The molecule has 1 aliphatic heterocycles. The second-order valence-electron chi connectivity index (χ2n) is 6.05. The lowest BCUT2D eigenvalue weighted by Crippen LogP contribution is -2.48. The molecule has 1 aromatic carbocycles. The van der Waals surface area contributed by atoms with Gasteiger partial charge in [0.1, 0.15) is 0 Å². The lowest BCUT2D eigenvalue weighted by atomic mass is 10.2. The van der Waals surface area contributed by atoms with Crippen LogP contribution in [0.2, 0.25) is 0 Å². The van der Waals surface area contributed by atoms with Gasteiger partial charge in [0.2, 0.25) is 5.91 Å². The lowest BCUT2D eigenvalue weighted by Gasteiger charge is -2.33. The molecule has 2 aromatic rings. The Balaban J connectivity index is 1.43. The van der Waals surface area contributed by atoms with Crippen LogP contribution in [0, 0.1) is 0 Å². The summed E-state index contributed by atoms with van der Waals surface area (Å²) in [7, 11) is 0. The van der Waals surface area contributed by atoms with Gasteiger partial charge in [0, 0.05) is 51.2 Å². The van der Waals surface area contributed by atoms with Crippen LogP contribution >= 0.6 is 0 Å². The molecule has 128 valence electrons. The van der Waals surface area contributed by atoms with Crippen molar-refractivity contribution < 1.29 is 4.79 Å². The maximum Gasteiger partial charge on any atom is 0.246 e. The predicted octanol–water partition coefficient (Wildman–Crippen LogP) is 2.95. The van der Waals surface area contributed by atoms with E-state index in [2.05, 4.69) is 34.2 Å². The van der Waals surface area contributed by atoms with Crippen LogP contribution < -0.4 is 0 Å². The van der Waals surface area contributed by atoms with Gasteiger partial charge < -0.3 is 4.90 Å². The number of benzene rings is 1. The van der Waals surface area contributed by atoms with Gasteiger partial charge in [0.15, 0.2) is 0 Å². The van der Waals surface area contributed by atoms with Crippen molar-refractivity contribution >= 4 is 18.1 Å². The standard InChI is InChI=1S/C21H23N3O/c25-21(9-8-20-10-12-22-13-11-20)24-17-15-23(16-18-24)14-4-7-19-5-2-1-3-6-19/h1-13H,14-18H2/b7-4+,9-8+. The molecule has 0 atom stereocenters. The Morgan fingerprint density at radius 2 is 1.60 bits per heavy atom. The number of carbonyl (C=O) groups excluding carboxylic acids is 1. The van der Waals surface area contributed by atoms with Crippen LogP contribution in [0.4, 0.5) is 0 Å². The molecule has 0 unspecified atom stereocenters. The third kappa shape index (κ3) is 5.40. The zero-order valence-corrected chi connectivity index (χ0v) is 14.3. The van der Waals surface area contributed by atoms with Gasteiger partial charge in [-0.15, -0.1) is 0 Å². The van der Waals surface area contributed by atoms with Crippen molar-refractivity contribution in [2.75, 3.05) is 32.7 Å². The Labute approximate surface area is 149 Å². The first-order valence-corrected chi connectivity index (χ1v) is 8.62. The SMILES string of the molecule is O=C(/C=C/c1ccncc1)N1CCN(C/C=C/c2ccccc2)CC1. The lowest BCUT2D eigenvalue weighted by molar-refractivity contribution is -0.127. The normalized spacial score (nSPS) is 15.9. The second kappa shape index (κ2) is 8.94. The molecule has 4 heteroatoms. The molecule has 1 fully saturated rings. The number of pyridine rings is 1.